The molecule has 6 nitrogen and oxygen atoms in total. The maximum Gasteiger partial charge on any atom is 0.119 e. The summed E-state index contributed by atoms with van der Waals surface area (Å²) in [5.41, 5.74) is 1.14. The van der Waals surface area contributed by atoms with Crippen LogP contribution in [0.3, 0.4) is 0 Å². The molecule has 0 aromatic carbocycles. The van der Waals surface area contributed by atoms with Gasteiger partial charge in [0.1, 0.15) is 12.9 Å². The van der Waals surface area contributed by atoms with Crippen LogP contribution in [0.25, 0.3) is 0 Å². The summed E-state index contributed by atoms with van der Waals surface area (Å²) in [6, 6.07) is 0. The minimum Gasteiger partial charge on any atom is -0.396 e. The maximum atomic E-state index is 10.3. The molecule has 0 radical (unpaired) electrons. The fourth-order valence-corrected chi connectivity index (χ4v) is 6.47. The van der Waals surface area contributed by atoms with Gasteiger partial charge in [-0.3, -0.25) is 0 Å². The summed E-state index contributed by atoms with van der Waals surface area (Å²) in [6.07, 6.45) is 40.8. The van der Waals surface area contributed by atoms with Gasteiger partial charge in [-0.15, -0.1) is 0 Å². The predicted molar refractivity (Wildman–Crippen MR) is 220 cm³/mol. The van der Waals surface area contributed by atoms with Gasteiger partial charge in [-0.25, -0.2) is 0 Å². The summed E-state index contributed by atoms with van der Waals surface area (Å²) in [6.45, 7) is 12.9. The van der Waals surface area contributed by atoms with Gasteiger partial charge >= 0.3 is 0 Å². The third-order valence-corrected chi connectivity index (χ3v) is 9.88. The van der Waals surface area contributed by atoms with E-state index in [-0.39, 0.29) is 6.61 Å². The summed E-state index contributed by atoms with van der Waals surface area (Å²) in [4.78, 5) is 18.2. The molecule has 0 aliphatic carbocycles. The number of hydrogen-bond donors (Lipinski definition) is 1. The lowest BCUT2D eigenvalue weighted by molar-refractivity contribution is -0.107. The Morgan fingerprint density at radius 3 is 1.52 bits per heavy atom. The number of hydrogen-bond acceptors (Lipinski definition) is 6. The summed E-state index contributed by atoms with van der Waals surface area (Å²) in [7, 11) is 1.88. The maximum absolute atomic E-state index is 10.3. The van der Waals surface area contributed by atoms with Crippen LogP contribution in [0.4, 0.5) is 0 Å². The highest BCUT2D eigenvalue weighted by molar-refractivity contribution is 5.81. The lowest BCUT2D eigenvalue weighted by Crippen LogP contribution is -2.29. The fraction of sp³-hybridized carbons (Fsp3) is 0.955. The number of aldehydes is 1. The minimum absolute atomic E-state index is 0.250. The lowest BCUT2D eigenvalue weighted by atomic mass is 10.0. The van der Waals surface area contributed by atoms with Crippen molar-refractivity contribution in [3.8, 4) is 0 Å². The molecular weight excluding hydrogens is 620 g/mol. The van der Waals surface area contributed by atoms with Crippen molar-refractivity contribution in [1.82, 2.24) is 4.90 Å². The van der Waals surface area contributed by atoms with Crippen LogP contribution >= 0.6 is 0 Å². The Labute approximate surface area is 313 Å². The van der Waals surface area contributed by atoms with Gasteiger partial charge in [-0.1, -0.05) is 161 Å². The summed E-state index contributed by atoms with van der Waals surface area (Å²) >= 11 is 0. The molecule has 0 fully saturated rings. The number of aliphatic hydroxyl groups is 1. The Bertz CT molecular complexity index is 646. The summed E-state index contributed by atoms with van der Waals surface area (Å²) in [5, 5.41) is 13.6. The molecule has 0 heterocycles. The van der Waals surface area contributed by atoms with E-state index in [1.807, 2.05) is 7.11 Å². The van der Waals surface area contributed by atoms with E-state index >= 15 is 0 Å². The van der Waals surface area contributed by atoms with E-state index < -0.39 is 0 Å². The van der Waals surface area contributed by atoms with Crippen LogP contribution in [0.5, 0.6) is 0 Å². The average Bonchev–Trinajstić information content (AvgIpc) is 3.12. The molecule has 0 aromatic heterocycles. The molecule has 0 atom stereocenters. The second-order valence-corrected chi connectivity index (χ2v) is 14.9. The molecule has 1 N–H and O–H groups in total. The van der Waals surface area contributed by atoms with Crippen LogP contribution in [-0.2, 0) is 14.4 Å². The second kappa shape index (κ2) is 46.0. The summed E-state index contributed by atoms with van der Waals surface area (Å²) < 4.78 is 5.56. The zero-order valence-electron chi connectivity index (χ0n) is 34.7. The number of ether oxygens (including phenoxy) is 1. The first-order valence-corrected chi connectivity index (χ1v) is 22.0. The molecule has 0 amide bonds. The molecule has 0 aromatic rings. The van der Waals surface area contributed by atoms with Gasteiger partial charge in [0, 0.05) is 20.1 Å². The van der Waals surface area contributed by atoms with E-state index in [0.717, 1.165) is 63.9 Å². The Hall–Kier alpha value is -0.980. The van der Waals surface area contributed by atoms with Crippen LogP contribution in [0.15, 0.2) is 5.16 Å². The first-order valence-electron chi connectivity index (χ1n) is 22.0. The van der Waals surface area contributed by atoms with Crippen LogP contribution in [0.2, 0.25) is 0 Å². The highest BCUT2D eigenvalue weighted by atomic mass is 16.6. The molecule has 0 aliphatic heterocycles. The molecule has 6 heteroatoms. The van der Waals surface area contributed by atoms with Crippen molar-refractivity contribution < 1.29 is 19.5 Å². The Kier molecular flexibility index (Phi) is 47.1. The van der Waals surface area contributed by atoms with Gasteiger partial charge in [0.05, 0.1) is 18.4 Å². The highest BCUT2D eigenvalue weighted by Gasteiger charge is 2.07. The van der Waals surface area contributed by atoms with Crippen molar-refractivity contribution in [2.24, 2.45) is 5.16 Å². The number of methoxy groups -OCH3 is 1. The van der Waals surface area contributed by atoms with E-state index in [1.165, 1.54) is 167 Å². The van der Waals surface area contributed by atoms with E-state index in [9.17, 15) is 9.90 Å². The molecule has 50 heavy (non-hydrogen) atoms. The molecule has 0 unspecified atom stereocenters. The number of rotatable bonds is 40. The molecule has 0 rings (SSSR count). The smallest absolute Gasteiger partial charge is 0.119 e. The standard InChI is InChI=1S/C28H56N2O3.C16H34O/c1-3-4-5-6-11-16-21-28(2)29-33-27-20-15-10-8-13-18-23-30(24-26-32)22-17-12-7-9-14-19-25-31;1-4-6-8-10-12-14-16(17-3)15-13-11-9-7-5-2/h25,32H,3-24,26-27H2,1-2H3;16H,4-15H2,1-3H3/b29-28+;. The largest absolute Gasteiger partial charge is 0.396 e. The third-order valence-electron chi connectivity index (χ3n) is 9.88. The number of nitrogens with zero attached hydrogens (tertiary/aromatic N) is 2. The van der Waals surface area contributed by atoms with E-state index in [4.69, 9.17) is 9.57 Å². The molecular formula is C44H90N2O4. The van der Waals surface area contributed by atoms with E-state index in [1.54, 1.807) is 0 Å². The SMILES string of the molecule is CCCCCCCC(CCCCCCC)OC.CCCCCCCC/C(C)=N/OCCCCCCCCN(CCO)CCCCCCCC=O. The van der Waals surface area contributed by atoms with Crippen molar-refractivity contribution in [2.75, 3.05) is 40.0 Å². The van der Waals surface area contributed by atoms with Crippen molar-refractivity contribution in [2.45, 2.75) is 233 Å². The van der Waals surface area contributed by atoms with E-state index in [2.05, 4.69) is 37.8 Å². The Balaban J connectivity index is 0. The monoisotopic (exact) mass is 711 g/mol. The van der Waals surface area contributed by atoms with Gasteiger partial charge in [-0.05, 0) is 77.8 Å². The molecule has 0 spiro atoms. The van der Waals surface area contributed by atoms with Crippen LogP contribution in [0, 0.1) is 0 Å². The predicted octanol–water partition coefficient (Wildman–Crippen LogP) is 13.0. The number of aliphatic hydroxyl groups excluding tert-OH is 1. The number of oxime groups is 1. The van der Waals surface area contributed by atoms with Gasteiger partial charge < -0.3 is 24.4 Å². The van der Waals surface area contributed by atoms with Crippen molar-refractivity contribution >= 4 is 12.0 Å². The fourth-order valence-electron chi connectivity index (χ4n) is 6.47. The number of carbonyl (C=O) groups excluding carboxylic acids is 1. The first-order chi connectivity index (χ1) is 24.6. The number of carbonyl (C=O) groups is 1. The average molecular weight is 711 g/mol. The van der Waals surface area contributed by atoms with Crippen molar-refractivity contribution in [3.63, 3.8) is 0 Å². The van der Waals surface area contributed by atoms with Crippen molar-refractivity contribution in [3.05, 3.63) is 0 Å². The molecule has 0 saturated carbocycles. The molecule has 0 saturated heterocycles. The minimum atomic E-state index is 0.250. The molecule has 0 aliphatic rings. The van der Waals surface area contributed by atoms with Gasteiger partial charge in [0.15, 0.2) is 0 Å². The zero-order chi connectivity index (χ0) is 37.0. The van der Waals surface area contributed by atoms with Gasteiger partial charge in [0.2, 0.25) is 0 Å². The molecule has 300 valence electrons. The highest BCUT2D eigenvalue weighted by Crippen LogP contribution is 2.16. The van der Waals surface area contributed by atoms with E-state index in [0.29, 0.717) is 12.5 Å². The molecule has 0 bridgehead atoms. The van der Waals surface area contributed by atoms with Crippen molar-refractivity contribution in [1.29, 1.82) is 0 Å². The van der Waals surface area contributed by atoms with Gasteiger partial charge in [-0.2, -0.15) is 0 Å². The lowest BCUT2D eigenvalue weighted by Gasteiger charge is -2.21. The van der Waals surface area contributed by atoms with Gasteiger partial charge in [0.25, 0.3) is 0 Å². The first kappa shape index (κ1) is 51.1. The summed E-state index contributed by atoms with van der Waals surface area (Å²) in [5.74, 6) is 0. The Morgan fingerprint density at radius 2 is 1.04 bits per heavy atom. The topological polar surface area (TPSA) is 71.4 Å². The second-order valence-electron chi connectivity index (χ2n) is 14.9. The number of unbranched alkanes of at least 4 members (excludes halogenated alkanes) is 23. The Morgan fingerprint density at radius 1 is 0.600 bits per heavy atom. The quantitative estimate of drug-likeness (QED) is 0.0297. The van der Waals surface area contributed by atoms with Crippen LogP contribution in [-0.4, -0.2) is 68.1 Å². The van der Waals surface area contributed by atoms with Crippen LogP contribution < -0.4 is 0 Å². The normalized spacial score (nSPS) is 11.7. The third kappa shape index (κ3) is 43.2. The van der Waals surface area contributed by atoms with Crippen LogP contribution in [0.1, 0.15) is 227 Å². The zero-order valence-corrected chi connectivity index (χ0v) is 34.7.